The van der Waals surface area contributed by atoms with E-state index in [2.05, 4.69) is 36.3 Å². The van der Waals surface area contributed by atoms with Gasteiger partial charge >= 0.3 is 64.4 Å². The van der Waals surface area contributed by atoms with Crippen LogP contribution in [0, 0.1) is 13.8 Å². The van der Waals surface area contributed by atoms with Gasteiger partial charge in [0.2, 0.25) is 0 Å². The average molecular weight is 778 g/mol. The van der Waals surface area contributed by atoms with Gasteiger partial charge in [-0.05, 0) is 93.3 Å². The minimum Gasteiger partial charge on any atom is -0.665 e. The number of hydrogen-bond donors (Lipinski definition) is 3. The Labute approximate surface area is 341 Å². The summed E-state index contributed by atoms with van der Waals surface area (Å²) in [6.07, 6.45) is 0.0440. The van der Waals surface area contributed by atoms with E-state index in [0.29, 0.717) is 25.8 Å². The number of benzene rings is 2. The summed E-state index contributed by atoms with van der Waals surface area (Å²) in [7, 11) is 1.84. The monoisotopic (exact) mass is 777 g/mol. The Bertz CT molecular complexity index is 1450. The third-order valence-corrected chi connectivity index (χ3v) is 8.10. The molecule has 1 aliphatic heterocycles. The molecule has 3 unspecified atom stereocenters. The van der Waals surface area contributed by atoms with Gasteiger partial charge in [-0.15, -0.1) is 6.54 Å². The fourth-order valence-electron chi connectivity index (χ4n) is 5.50. The predicted octanol–water partition coefficient (Wildman–Crippen LogP) is 3.68. The first-order valence-corrected chi connectivity index (χ1v) is 16.7. The van der Waals surface area contributed by atoms with Crippen LogP contribution in [-0.2, 0) is 22.1 Å². The molecule has 2 aromatic carbocycles. The summed E-state index contributed by atoms with van der Waals surface area (Å²) in [5.41, 5.74) is 1.38. The van der Waals surface area contributed by atoms with Crippen LogP contribution in [-0.4, -0.2) is 77.5 Å². The molecule has 2 heterocycles. The molecule has 10 nitrogen and oxygen atoms in total. The van der Waals surface area contributed by atoms with Crippen LogP contribution in [0.1, 0.15) is 68.3 Å². The Balaban J connectivity index is 0.000000525. The van der Waals surface area contributed by atoms with Crippen molar-refractivity contribution >= 4 is 0 Å². The van der Waals surface area contributed by atoms with E-state index in [4.69, 9.17) is 18.9 Å². The molecule has 3 N–H and O–H groups in total. The summed E-state index contributed by atoms with van der Waals surface area (Å²) in [6.45, 7) is 9.72. The maximum atomic E-state index is 11.8. The topological polar surface area (TPSA) is 137 Å². The second-order valence-electron chi connectivity index (χ2n) is 11.8. The number of aliphatic hydroxyl groups is 2. The first-order chi connectivity index (χ1) is 23.4. The molecule has 0 spiro atoms. The smallest absolute Gasteiger partial charge is 0.665 e. The number of ether oxygens (including phenoxy) is 4. The molecule has 0 radical (unpaired) electrons. The number of likely N-dealkylation sites (N-methyl/N-ethyl adjacent to an activating group) is 1. The molecular formula is C36H49F3N3O7Rb. The van der Waals surface area contributed by atoms with Crippen molar-refractivity contribution in [2.45, 2.75) is 103 Å². The van der Waals surface area contributed by atoms with Crippen molar-refractivity contribution in [1.29, 1.82) is 0 Å². The van der Waals surface area contributed by atoms with E-state index in [1.54, 1.807) is 4.98 Å². The molecule has 1 aliphatic carbocycles. The summed E-state index contributed by atoms with van der Waals surface area (Å²) in [4.78, 5) is 15.0. The van der Waals surface area contributed by atoms with Crippen LogP contribution in [0.5, 0.6) is 17.2 Å². The second-order valence-corrected chi connectivity index (χ2v) is 11.8. The van der Waals surface area contributed by atoms with Crippen LogP contribution in [0.4, 0.5) is 13.2 Å². The standard InChI is InChI=1S/C29H40NO6.C5H3F3N2O.C2H6.Rb/c1-19-16-25(35-23-6-4-21(5-7-23)12-14-30-3)17-20(2)29(19)36-24-10-8-22(9-11-24)34-18-27-28(32)26(31)13-15-33-27;6-5(7,8)3-1-9-2-4(11)10-3;1-2;/h4-7,16-17,22,24,26-28,31-32H,8-15,18H2,1-3H3;1-2H,(H,10,11);1-2H3;/q-1;;;+1. The van der Waals surface area contributed by atoms with E-state index in [-0.39, 0.29) is 70.4 Å². The number of H-pyrrole nitrogens is 1. The van der Waals surface area contributed by atoms with E-state index in [9.17, 15) is 28.2 Å². The molecule has 1 aromatic heterocycles. The molecule has 2 fully saturated rings. The molecule has 50 heavy (non-hydrogen) atoms. The van der Waals surface area contributed by atoms with Crippen LogP contribution in [0.15, 0.2) is 53.6 Å². The fraction of sp³-hybridized carbons (Fsp3) is 0.556. The Morgan fingerprint density at radius 1 is 0.960 bits per heavy atom. The molecule has 3 atom stereocenters. The number of aromatic nitrogens is 2. The molecule has 1 saturated heterocycles. The normalized spacial score (nSPS) is 21.8. The number of rotatable bonds is 10. The number of aryl methyl sites for hydroxylation is 2. The predicted molar refractivity (Wildman–Crippen MR) is 180 cm³/mol. The Kier molecular flexibility index (Phi) is 19.9. The van der Waals surface area contributed by atoms with Crippen LogP contribution in [0.3, 0.4) is 0 Å². The molecule has 0 bridgehead atoms. The van der Waals surface area contributed by atoms with Crippen molar-refractivity contribution in [1.82, 2.24) is 9.97 Å². The van der Waals surface area contributed by atoms with Gasteiger partial charge in [-0.3, -0.25) is 9.78 Å². The third kappa shape index (κ3) is 14.4. The van der Waals surface area contributed by atoms with Gasteiger partial charge in [0.25, 0.3) is 5.56 Å². The van der Waals surface area contributed by atoms with Crippen molar-refractivity contribution in [3.8, 4) is 17.2 Å². The maximum absolute atomic E-state index is 11.8. The SMILES string of the molecule is CC.C[N-]CCc1ccc(Oc2cc(C)c(OC3CCC(OCC4OCCC(O)C4O)CC3)c(C)c2)cc1.O=c1cncc(C(F)(F)F)[nH]1.[Rb+]. The summed E-state index contributed by atoms with van der Waals surface area (Å²) in [5.74, 6) is 2.56. The molecular weight excluding hydrogens is 729 g/mol. The number of alkyl halides is 3. The minimum atomic E-state index is -4.53. The largest absolute Gasteiger partial charge is 1.00 e. The van der Waals surface area contributed by atoms with Crippen molar-refractivity contribution in [3.05, 3.63) is 86.8 Å². The van der Waals surface area contributed by atoms with Gasteiger partial charge in [-0.25, -0.2) is 0 Å². The van der Waals surface area contributed by atoms with Crippen LogP contribution in [0.2, 0.25) is 0 Å². The van der Waals surface area contributed by atoms with E-state index in [1.165, 1.54) is 5.56 Å². The van der Waals surface area contributed by atoms with Gasteiger partial charge in [0.1, 0.15) is 35.2 Å². The Morgan fingerprint density at radius 3 is 2.14 bits per heavy atom. The number of nitrogens with one attached hydrogen (secondary N) is 1. The number of nitrogens with zero attached hydrogens (tertiary/aromatic N) is 2. The number of aliphatic hydroxyl groups excluding tert-OH is 2. The Hall–Kier alpha value is -1.68. The van der Waals surface area contributed by atoms with E-state index < -0.39 is 35.7 Å². The molecule has 272 valence electrons. The maximum Gasteiger partial charge on any atom is 1.00 e. The van der Waals surface area contributed by atoms with Crippen molar-refractivity contribution in [2.75, 3.05) is 26.8 Å². The van der Waals surface area contributed by atoms with Gasteiger partial charge in [0, 0.05) is 6.61 Å². The zero-order chi connectivity index (χ0) is 36.0. The molecule has 1 saturated carbocycles. The van der Waals surface area contributed by atoms with Gasteiger partial charge in [0.15, 0.2) is 0 Å². The van der Waals surface area contributed by atoms with E-state index >= 15 is 0 Å². The summed E-state index contributed by atoms with van der Waals surface area (Å²) < 4.78 is 59.4. The third-order valence-electron chi connectivity index (χ3n) is 8.10. The number of halogens is 3. The van der Waals surface area contributed by atoms with E-state index in [1.807, 2.05) is 45.2 Å². The Morgan fingerprint density at radius 2 is 1.58 bits per heavy atom. The first kappa shape index (κ1) is 44.5. The number of aromatic amines is 1. The van der Waals surface area contributed by atoms with Gasteiger partial charge in [-0.1, -0.05) is 26.0 Å². The van der Waals surface area contributed by atoms with Gasteiger partial charge in [-0.2, -0.15) is 20.2 Å². The zero-order valence-electron chi connectivity index (χ0n) is 29.8. The van der Waals surface area contributed by atoms with Crippen LogP contribution >= 0.6 is 0 Å². The summed E-state index contributed by atoms with van der Waals surface area (Å²) in [6, 6.07) is 12.3. The molecule has 0 amide bonds. The van der Waals surface area contributed by atoms with Crippen molar-refractivity contribution < 1.29 is 101 Å². The van der Waals surface area contributed by atoms with E-state index in [0.717, 1.165) is 73.2 Å². The quantitative estimate of drug-likeness (QED) is 0.284. The van der Waals surface area contributed by atoms with Gasteiger partial charge in [0.05, 0.1) is 37.3 Å². The summed E-state index contributed by atoms with van der Waals surface area (Å²) in [5, 5.41) is 24.1. The van der Waals surface area contributed by atoms with Crippen molar-refractivity contribution in [2.24, 2.45) is 0 Å². The zero-order valence-corrected chi connectivity index (χ0v) is 34.7. The average Bonchev–Trinajstić information content (AvgIpc) is 3.08. The fourth-order valence-corrected chi connectivity index (χ4v) is 5.50. The van der Waals surface area contributed by atoms with Crippen molar-refractivity contribution in [3.63, 3.8) is 0 Å². The first-order valence-electron chi connectivity index (χ1n) is 16.7. The van der Waals surface area contributed by atoms with Crippen LogP contribution < -0.4 is 73.2 Å². The second kappa shape index (κ2) is 22.4. The number of hydrogen-bond acceptors (Lipinski definition) is 8. The van der Waals surface area contributed by atoms with Crippen LogP contribution in [0.25, 0.3) is 5.32 Å². The molecule has 2 aliphatic rings. The van der Waals surface area contributed by atoms with Gasteiger partial charge < -0.3 is 39.5 Å². The molecule has 14 heteroatoms. The summed E-state index contributed by atoms with van der Waals surface area (Å²) >= 11 is 0. The molecule has 3 aromatic rings. The minimum absolute atomic E-state index is 0. The molecule has 5 rings (SSSR count).